The molecule has 0 aliphatic rings. The Labute approximate surface area is 152 Å². The number of rotatable bonds is 4. The third kappa shape index (κ3) is 3.22. The van der Waals surface area contributed by atoms with Crippen LogP contribution >= 0.6 is 0 Å². The molecule has 0 bridgehead atoms. The van der Waals surface area contributed by atoms with Crippen LogP contribution in [0.1, 0.15) is 5.56 Å². The van der Waals surface area contributed by atoms with Crippen molar-refractivity contribution in [1.29, 1.82) is 0 Å². The van der Waals surface area contributed by atoms with Crippen LogP contribution in [0.2, 0.25) is 0 Å². The molecule has 4 heteroatoms. The molecule has 1 heterocycles. The number of aryl methyl sites for hydroxylation is 1. The fourth-order valence-corrected chi connectivity index (χ4v) is 2.82. The van der Waals surface area contributed by atoms with E-state index < -0.39 is 0 Å². The summed E-state index contributed by atoms with van der Waals surface area (Å²) in [6.45, 7) is 2.04. The van der Waals surface area contributed by atoms with Crippen LogP contribution in [0.15, 0.2) is 77.2 Å². The SMILES string of the molecule is COc1ccc(-c2ccc(-c3nnc(-c4cccc(C)c4)o3)cc2)cc1. The number of hydrogen-bond donors (Lipinski definition) is 0. The molecular formula is C22H18N2O2. The Balaban J connectivity index is 1.59. The van der Waals surface area contributed by atoms with Crippen molar-refractivity contribution < 1.29 is 9.15 Å². The molecule has 0 amide bonds. The molecule has 0 radical (unpaired) electrons. The third-order valence-corrected chi connectivity index (χ3v) is 4.25. The van der Waals surface area contributed by atoms with E-state index in [0.29, 0.717) is 11.8 Å². The molecule has 3 aromatic carbocycles. The highest BCUT2D eigenvalue weighted by atomic mass is 16.5. The number of aromatic nitrogens is 2. The lowest BCUT2D eigenvalue weighted by Crippen LogP contribution is -1.83. The molecule has 26 heavy (non-hydrogen) atoms. The third-order valence-electron chi connectivity index (χ3n) is 4.25. The van der Waals surface area contributed by atoms with Gasteiger partial charge in [0.15, 0.2) is 0 Å². The molecule has 0 fully saturated rings. The highest BCUT2D eigenvalue weighted by molar-refractivity contribution is 5.68. The van der Waals surface area contributed by atoms with Crippen molar-refractivity contribution in [3.05, 3.63) is 78.4 Å². The molecule has 4 rings (SSSR count). The van der Waals surface area contributed by atoms with Crippen molar-refractivity contribution in [3.8, 4) is 39.8 Å². The average molecular weight is 342 g/mol. The van der Waals surface area contributed by atoms with Gasteiger partial charge in [-0.25, -0.2) is 0 Å². The van der Waals surface area contributed by atoms with Crippen LogP contribution in [0, 0.1) is 6.92 Å². The second kappa shape index (κ2) is 6.84. The monoisotopic (exact) mass is 342 g/mol. The molecule has 4 nitrogen and oxygen atoms in total. The summed E-state index contributed by atoms with van der Waals surface area (Å²) in [6, 6.07) is 24.1. The first-order valence-corrected chi connectivity index (χ1v) is 8.38. The number of ether oxygens (including phenoxy) is 1. The van der Waals surface area contributed by atoms with Crippen LogP contribution in [0.4, 0.5) is 0 Å². The molecule has 0 unspecified atom stereocenters. The fourth-order valence-electron chi connectivity index (χ4n) is 2.82. The summed E-state index contributed by atoms with van der Waals surface area (Å²) in [4.78, 5) is 0. The zero-order chi connectivity index (χ0) is 17.9. The summed E-state index contributed by atoms with van der Waals surface area (Å²) in [6.07, 6.45) is 0. The Kier molecular flexibility index (Phi) is 4.23. The maximum atomic E-state index is 5.85. The summed E-state index contributed by atoms with van der Waals surface area (Å²) in [7, 11) is 1.67. The maximum Gasteiger partial charge on any atom is 0.248 e. The lowest BCUT2D eigenvalue weighted by atomic mass is 10.0. The lowest BCUT2D eigenvalue weighted by Gasteiger charge is -2.04. The van der Waals surface area contributed by atoms with Gasteiger partial charge in [-0.05, 0) is 54.4 Å². The van der Waals surface area contributed by atoms with Gasteiger partial charge < -0.3 is 9.15 Å². The second-order valence-electron chi connectivity index (χ2n) is 6.09. The molecular weight excluding hydrogens is 324 g/mol. The summed E-state index contributed by atoms with van der Waals surface area (Å²) in [5, 5.41) is 8.36. The Bertz CT molecular complexity index is 1020. The van der Waals surface area contributed by atoms with E-state index in [1.54, 1.807) is 7.11 Å². The number of methoxy groups -OCH3 is 1. The predicted octanol–water partition coefficient (Wildman–Crippen LogP) is 5.39. The minimum Gasteiger partial charge on any atom is -0.497 e. The van der Waals surface area contributed by atoms with Gasteiger partial charge in [0.2, 0.25) is 11.8 Å². The van der Waals surface area contributed by atoms with Crippen molar-refractivity contribution in [1.82, 2.24) is 10.2 Å². The summed E-state index contributed by atoms with van der Waals surface area (Å²) in [5.41, 5.74) is 5.23. The van der Waals surface area contributed by atoms with E-state index in [-0.39, 0.29) is 0 Å². The fraction of sp³-hybridized carbons (Fsp3) is 0.0909. The van der Waals surface area contributed by atoms with Crippen LogP contribution < -0.4 is 4.74 Å². The molecule has 4 aromatic rings. The van der Waals surface area contributed by atoms with E-state index >= 15 is 0 Å². The molecule has 0 aliphatic carbocycles. The molecule has 0 spiro atoms. The van der Waals surface area contributed by atoms with Gasteiger partial charge in [0.05, 0.1) is 7.11 Å². The van der Waals surface area contributed by atoms with Crippen molar-refractivity contribution in [2.24, 2.45) is 0 Å². The maximum absolute atomic E-state index is 5.85. The minimum atomic E-state index is 0.516. The zero-order valence-electron chi connectivity index (χ0n) is 14.6. The van der Waals surface area contributed by atoms with Gasteiger partial charge in [-0.3, -0.25) is 0 Å². The van der Waals surface area contributed by atoms with Gasteiger partial charge in [-0.1, -0.05) is 42.0 Å². The van der Waals surface area contributed by atoms with E-state index in [0.717, 1.165) is 33.6 Å². The molecule has 0 N–H and O–H groups in total. The van der Waals surface area contributed by atoms with Crippen molar-refractivity contribution in [3.63, 3.8) is 0 Å². The first-order chi connectivity index (χ1) is 12.7. The van der Waals surface area contributed by atoms with Crippen molar-refractivity contribution in [2.75, 3.05) is 7.11 Å². The number of nitrogens with zero attached hydrogens (tertiary/aromatic N) is 2. The molecule has 1 aromatic heterocycles. The molecule has 0 saturated heterocycles. The van der Waals surface area contributed by atoms with Crippen LogP contribution in [0.5, 0.6) is 5.75 Å². The Morgan fingerprint density at radius 3 is 1.88 bits per heavy atom. The van der Waals surface area contributed by atoms with E-state index in [9.17, 15) is 0 Å². The standard InChI is InChI=1S/C22H18N2O2/c1-15-4-3-5-19(14-15)22-24-23-21(26-22)18-8-6-16(7-9-18)17-10-12-20(25-2)13-11-17/h3-14H,1-2H3. The second-order valence-corrected chi connectivity index (χ2v) is 6.09. The van der Waals surface area contributed by atoms with Crippen LogP contribution in [-0.4, -0.2) is 17.3 Å². The first-order valence-electron chi connectivity index (χ1n) is 8.38. The van der Waals surface area contributed by atoms with E-state index in [1.807, 2.05) is 79.7 Å². The van der Waals surface area contributed by atoms with Crippen molar-refractivity contribution in [2.45, 2.75) is 6.92 Å². The van der Waals surface area contributed by atoms with Crippen LogP contribution in [-0.2, 0) is 0 Å². The van der Waals surface area contributed by atoms with Gasteiger partial charge >= 0.3 is 0 Å². The van der Waals surface area contributed by atoms with E-state index in [4.69, 9.17) is 9.15 Å². The Morgan fingerprint density at radius 1 is 0.692 bits per heavy atom. The largest absolute Gasteiger partial charge is 0.497 e. The van der Waals surface area contributed by atoms with Gasteiger partial charge in [-0.2, -0.15) is 0 Å². The quantitative estimate of drug-likeness (QED) is 0.499. The first kappa shape index (κ1) is 16.1. The van der Waals surface area contributed by atoms with E-state index in [2.05, 4.69) is 10.2 Å². The van der Waals surface area contributed by atoms with Gasteiger partial charge in [0, 0.05) is 11.1 Å². The topological polar surface area (TPSA) is 48.2 Å². The predicted molar refractivity (Wildman–Crippen MR) is 102 cm³/mol. The van der Waals surface area contributed by atoms with Gasteiger partial charge in [0.25, 0.3) is 0 Å². The summed E-state index contributed by atoms with van der Waals surface area (Å²) >= 11 is 0. The van der Waals surface area contributed by atoms with E-state index in [1.165, 1.54) is 0 Å². The zero-order valence-corrected chi connectivity index (χ0v) is 14.6. The number of hydrogen-bond acceptors (Lipinski definition) is 4. The Hall–Kier alpha value is -3.40. The highest BCUT2D eigenvalue weighted by Crippen LogP contribution is 2.27. The molecule has 0 aliphatic heterocycles. The van der Waals surface area contributed by atoms with Gasteiger partial charge in [0.1, 0.15) is 5.75 Å². The smallest absolute Gasteiger partial charge is 0.248 e. The number of benzene rings is 3. The molecule has 128 valence electrons. The summed E-state index contributed by atoms with van der Waals surface area (Å²) in [5.74, 6) is 1.89. The lowest BCUT2D eigenvalue weighted by molar-refractivity contribution is 0.415. The van der Waals surface area contributed by atoms with Crippen LogP contribution in [0.25, 0.3) is 34.0 Å². The molecule has 0 atom stereocenters. The van der Waals surface area contributed by atoms with Crippen LogP contribution in [0.3, 0.4) is 0 Å². The highest BCUT2D eigenvalue weighted by Gasteiger charge is 2.10. The minimum absolute atomic E-state index is 0.516. The Morgan fingerprint density at radius 2 is 1.27 bits per heavy atom. The average Bonchev–Trinajstić information content (AvgIpc) is 3.18. The molecule has 0 saturated carbocycles. The van der Waals surface area contributed by atoms with Crippen molar-refractivity contribution >= 4 is 0 Å². The van der Waals surface area contributed by atoms with Gasteiger partial charge in [-0.15, -0.1) is 10.2 Å². The normalized spacial score (nSPS) is 10.7. The summed E-state index contributed by atoms with van der Waals surface area (Å²) < 4.78 is 11.0.